The van der Waals surface area contributed by atoms with E-state index in [1.165, 1.54) is 0 Å². The monoisotopic (exact) mass is 246 g/mol. The zero-order chi connectivity index (χ0) is 9.31. The van der Waals surface area contributed by atoms with Gasteiger partial charge in [0.05, 0.1) is 0 Å². The van der Waals surface area contributed by atoms with Crippen molar-refractivity contribution in [3.05, 3.63) is 0 Å². The van der Waals surface area contributed by atoms with Gasteiger partial charge in [-0.15, -0.1) is 46.4 Å². The molecule has 4 atom stereocenters. The van der Waals surface area contributed by atoms with Crippen molar-refractivity contribution in [1.82, 2.24) is 0 Å². The minimum absolute atomic E-state index is 0.283. The first-order valence-electron chi connectivity index (χ1n) is 4.07. The van der Waals surface area contributed by atoms with Gasteiger partial charge in [0, 0.05) is 11.8 Å². The van der Waals surface area contributed by atoms with E-state index in [-0.39, 0.29) is 11.8 Å². The number of halogens is 4. The summed E-state index contributed by atoms with van der Waals surface area (Å²) in [4.78, 5) is 0. The maximum atomic E-state index is 6.03. The largest absolute Gasteiger partial charge is 0.124 e. The van der Waals surface area contributed by atoms with Crippen LogP contribution in [0.15, 0.2) is 0 Å². The summed E-state index contributed by atoms with van der Waals surface area (Å²) < 4.78 is -1.16. The van der Waals surface area contributed by atoms with Crippen molar-refractivity contribution in [3.63, 3.8) is 0 Å². The van der Waals surface area contributed by atoms with E-state index in [9.17, 15) is 0 Å². The van der Waals surface area contributed by atoms with E-state index in [4.69, 9.17) is 46.4 Å². The molecule has 2 aliphatic carbocycles. The summed E-state index contributed by atoms with van der Waals surface area (Å²) in [7, 11) is 0. The molecule has 2 aliphatic rings. The Hall–Kier alpha value is 1.16. The molecule has 0 bridgehead atoms. The van der Waals surface area contributed by atoms with Crippen LogP contribution in [0.1, 0.15) is 13.8 Å². The van der Waals surface area contributed by atoms with Crippen LogP contribution in [0.2, 0.25) is 0 Å². The van der Waals surface area contributed by atoms with Gasteiger partial charge in [-0.2, -0.15) is 0 Å². The van der Waals surface area contributed by atoms with Crippen molar-refractivity contribution < 1.29 is 0 Å². The van der Waals surface area contributed by atoms with Gasteiger partial charge in [0.1, 0.15) is 8.67 Å². The molecule has 0 aliphatic heterocycles. The first-order valence-corrected chi connectivity index (χ1v) is 5.58. The highest BCUT2D eigenvalue weighted by molar-refractivity contribution is 6.53. The lowest BCUT2D eigenvalue weighted by Gasteiger charge is -1.97. The van der Waals surface area contributed by atoms with Gasteiger partial charge >= 0.3 is 0 Å². The normalized spacial score (nSPS) is 53.5. The minimum Gasteiger partial charge on any atom is -0.101 e. The van der Waals surface area contributed by atoms with E-state index < -0.39 is 8.67 Å². The minimum atomic E-state index is -0.579. The summed E-state index contributed by atoms with van der Waals surface area (Å²) in [6.07, 6.45) is 0. The van der Waals surface area contributed by atoms with Crippen molar-refractivity contribution in [3.8, 4) is 0 Å². The highest BCUT2D eigenvalue weighted by atomic mass is 35.5. The SMILES string of the molecule is C[C@@H]1[C@@H]([C@@H]2[C@H](C)C2(Cl)Cl)C1(Cl)Cl. The van der Waals surface area contributed by atoms with E-state index in [1.807, 2.05) is 13.8 Å². The Morgan fingerprint density at radius 2 is 0.917 bits per heavy atom. The van der Waals surface area contributed by atoms with Gasteiger partial charge < -0.3 is 0 Å². The Balaban J connectivity index is 2.08. The third-order valence-corrected chi connectivity index (χ3v) is 5.73. The zero-order valence-electron chi connectivity index (χ0n) is 6.82. The van der Waals surface area contributed by atoms with Gasteiger partial charge in [-0.25, -0.2) is 0 Å². The average molecular weight is 248 g/mol. The molecule has 0 N–H and O–H groups in total. The average Bonchev–Trinajstić information content (AvgIpc) is 2.55. The molecule has 0 amide bonds. The lowest BCUT2D eigenvalue weighted by Crippen LogP contribution is -1.98. The maximum Gasteiger partial charge on any atom is 0.124 e. The standard InChI is InChI=1S/C8H10Cl4/c1-3-5(7(3,9)10)6-4(2)8(6,11)12/h3-6H,1-2H3/t3-,4+,5-,6-/m0/s1. The molecule has 0 radical (unpaired) electrons. The molecule has 2 rings (SSSR count). The number of hydrogen-bond donors (Lipinski definition) is 0. The van der Waals surface area contributed by atoms with Crippen LogP contribution in [0, 0.1) is 23.7 Å². The van der Waals surface area contributed by atoms with Crippen LogP contribution < -0.4 is 0 Å². The third-order valence-electron chi connectivity index (χ3n) is 3.35. The van der Waals surface area contributed by atoms with E-state index in [0.717, 1.165) is 0 Å². The summed E-state index contributed by atoms with van der Waals surface area (Å²) in [6.45, 7) is 4.08. The van der Waals surface area contributed by atoms with Crippen molar-refractivity contribution in [2.45, 2.75) is 22.5 Å². The van der Waals surface area contributed by atoms with Crippen molar-refractivity contribution in [2.24, 2.45) is 23.7 Å². The molecule has 2 saturated carbocycles. The Labute approximate surface area is 92.5 Å². The Bertz CT molecular complexity index is 199. The highest BCUT2D eigenvalue weighted by Gasteiger charge is 2.76. The Kier molecular flexibility index (Phi) is 1.93. The molecule has 4 heteroatoms. The smallest absolute Gasteiger partial charge is 0.101 e. The molecule has 0 unspecified atom stereocenters. The van der Waals surface area contributed by atoms with Crippen LogP contribution >= 0.6 is 46.4 Å². The quantitative estimate of drug-likeness (QED) is 0.618. The Morgan fingerprint density at radius 3 is 1.00 bits per heavy atom. The fourth-order valence-electron chi connectivity index (χ4n) is 2.12. The fraction of sp³-hybridized carbons (Fsp3) is 1.00. The molecule has 0 aromatic rings. The Morgan fingerprint density at radius 1 is 0.750 bits per heavy atom. The number of alkyl halides is 4. The third kappa shape index (κ3) is 1.05. The first-order chi connectivity index (χ1) is 5.31. The van der Waals surface area contributed by atoms with Gasteiger partial charge in [-0.1, -0.05) is 13.8 Å². The van der Waals surface area contributed by atoms with E-state index in [1.54, 1.807) is 0 Å². The molecule has 2 fully saturated rings. The predicted molar refractivity (Wildman–Crippen MR) is 54.2 cm³/mol. The van der Waals surface area contributed by atoms with E-state index in [0.29, 0.717) is 11.8 Å². The van der Waals surface area contributed by atoms with Gasteiger partial charge in [0.15, 0.2) is 0 Å². The topological polar surface area (TPSA) is 0 Å². The van der Waals surface area contributed by atoms with Gasteiger partial charge in [-0.3, -0.25) is 0 Å². The summed E-state index contributed by atoms with van der Waals surface area (Å²) in [6, 6.07) is 0. The second-order valence-electron chi connectivity index (χ2n) is 3.98. The molecule has 70 valence electrons. The molecule has 12 heavy (non-hydrogen) atoms. The van der Waals surface area contributed by atoms with Crippen LogP contribution in [-0.2, 0) is 0 Å². The summed E-state index contributed by atoms with van der Waals surface area (Å²) in [5, 5.41) is 0. The molecule has 0 saturated heterocycles. The summed E-state index contributed by atoms with van der Waals surface area (Å²) in [5.74, 6) is 1.22. The lowest BCUT2D eigenvalue weighted by atomic mass is 10.2. The number of hydrogen-bond acceptors (Lipinski definition) is 0. The van der Waals surface area contributed by atoms with Gasteiger partial charge in [0.25, 0.3) is 0 Å². The van der Waals surface area contributed by atoms with Crippen LogP contribution in [0.5, 0.6) is 0 Å². The van der Waals surface area contributed by atoms with Crippen LogP contribution in [0.3, 0.4) is 0 Å². The highest BCUT2D eigenvalue weighted by Crippen LogP contribution is 2.75. The van der Waals surface area contributed by atoms with Crippen LogP contribution in [0.4, 0.5) is 0 Å². The summed E-state index contributed by atoms with van der Waals surface area (Å²) >= 11 is 24.1. The molecular weight excluding hydrogens is 238 g/mol. The molecule has 0 nitrogen and oxygen atoms in total. The fourth-order valence-corrected chi connectivity index (χ4v) is 3.71. The van der Waals surface area contributed by atoms with Gasteiger partial charge in [0.2, 0.25) is 0 Å². The molecule has 0 aromatic heterocycles. The molecule has 0 aromatic carbocycles. The molecule has 0 heterocycles. The van der Waals surface area contributed by atoms with Crippen LogP contribution in [0.25, 0.3) is 0 Å². The van der Waals surface area contributed by atoms with Crippen molar-refractivity contribution >= 4 is 46.4 Å². The van der Waals surface area contributed by atoms with E-state index >= 15 is 0 Å². The van der Waals surface area contributed by atoms with Crippen LogP contribution in [-0.4, -0.2) is 8.67 Å². The van der Waals surface area contributed by atoms with Crippen molar-refractivity contribution in [1.29, 1.82) is 0 Å². The van der Waals surface area contributed by atoms with Crippen molar-refractivity contribution in [2.75, 3.05) is 0 Å². The first kappa shape index (κ1) is 9.71. The second-order valence-corrected chi connectivity index (χ2v) is 6.87. The molecule has 0 spiro atoms. The lowest BCUT2D eigenvalue weighted by molar-refractivity contribution is 0.609. The molecular formula is C8H10Cl4. The van der Waals surface area contributed by atoms with Gasteiger partial charge in [-0.05, 0) is 11.8 Å². The number of rotatable bonds is 1. The summed E-state index contributed by atoms with van der Waals surface area (Å²) in [5.41, 5.74) is 0. The maximum absolute atomic E-state index is 6.03. The second kappa shape index (κ2) is 2.39. The van der Waals surface area contributed by atoms with E-state index in [2.05, 4.69) is 0 Å². The predicted octanol–water partition coefficient (Wildman–Crippen LogP) is 3.87. The zero-order valence-corrected chi connectivity index (χ0v) is 9.84.